The zero-order valence-corrected chi connectivity index (χ0v) is 16.6. The predicted octanol–water partition coefficient (Wildman–Crippen LogP) is 2.54. The van der Waals surface area contributed by atoms with Crippen LogP contribution in [0.25, 0.3) is 0 Å². The predicted molar refractivity (Wildman–Crippen MR) is 108 cm³/mol. The summed E-state index contributed by atoms with van der Waals surface area (Å²) < 4.78 is 21.9. The van der Waals surface area contributed by atoms with Crippen molar-refractivity contribution in [3.05, 3.63) is 48.0 Å². The van der Waals surface area contributed by atoms with Crippen molar-refractivity contribution in [2.45, 2.75) is 13.5 Å². The average Bonchev–Trinajstić information content (AvgIpc) is 3.21. The summed E-state index contributed by atoms with van der Waals surface area (Å²) in [6.45, 7) is 6.76. The normalized spacial score (nSPS) is 16.0. The van der Waals surface area contributed by atoms with Gasteiger partial charge in [0.2, 0.25) is 6.79 Å². The Hall–Kier alpha value is -2.93. The fourth-order valence-corrected chi connectivity index (χ4v) is 3.51. The Balaban J connectivity index is 1.23. The third-order valence-electron chi connectivity index (χ3n) is 5.05. The number of carbonyl (C=O) groups is 1. The van der Waals surface area contributed by atoms with Gasteiger partial charge in [0.05, 0.1) is 6.61 Å². The molecule has 2 aliphatic heterocycles. The number of hydrogen-bond acceptors (Lipinski definition) is 6. The van der Waals surface area contributed by atoms with Crippen LogP contribution in [0.2, 0.25) is 0 Å². The molecule has 7 nitrogen and oxygen atoms in total. The quantitative estimate of drug-likeness (QED) is 0.714. The number of benzene rings is 2. The zero-order chi connectivity index (χ0) is 20.1. The molecule has 0 bridgehead atoms. The Kier molecular flexibility index (Phi) is 6.05. The summed E-state index contributed by atoms with van der Waals surface area (Å²) in [7, 11) is 0. The molecule has 0 radical (unpaired) electrons. The van der Waals surface area contributed by atoms with E-state index in [-0.39, 0.29) is 19.3 Å². The Bertz CT molecular complexity index is 849. The molecule has 7 heteroatoms. The van der Waals surface area contributed by atoms with Crippen LogP contribution in [-0.2, 0) is 11.3 Å². The molecule has 0 saturated carbocycles. The van der Waals surface area contributed by atoms with Gasteiger partial charge in [-0.15, -0.1) is 0 Å². The highest BCUT2D eigenvalue weighted by Crippen LogP contribution is 2.32. The number of rotatable bonds is 7. The van der Waals surface area contributed by atoms with Crippen LogP contribution in [0.15, 0.2) is 42.5 Å². The lowest BCUT2D eigenvalue weighted by Crippen LogP contribution is -2.49. The molecule has 2 aliphatic rings. The molecule has 2 heterocycles. The van der Waals surface area contributed by atoms with Crippen LogP contribution in [-0.4, -0.2) is 61.9 Å². The second-order valence-electron chi connectivity index (χ2n) is 7.04. The van der Waals surface area contributed by atoms with Gasteiger partial charge < -0.3 is 23.8 Å². The Morgan fingerprint density at radius 3 is 2.52 bits per heavy atom. The summed E-state index contributed by atoms with van der Waals surface area (Å²) in [5.41, 5.74) is 1.19. The summed E-state index contributed by atoms with van der Waals surface area (Å²) in [6.07, 6.45) is 0. The lowest BCUT2D eigenvalue weighted by atomic mass is 10.1. The van der Waals surface area contributed by atoms with Gasteiger partial charge in [-0.1, -0.05) is 12.1 Å². The number of nitrogens with zero attached hydrogens (tertiary/aromatic N) is 2. The van der Waals surface area contributed by atoms with Gasteiger partial charge in [-0.3, -0.25) is 9.69 Å². The number of hydrogen-bond donors (Lipinski definition) is 0. The van der Waals surface area contributed by atoms with Gasteiger partial charge in [-0.25, -0.2) is 0 Å². The molecule has 29 heavy (non-hydrogen) atoms. The van der Waals surface area contributed by atoms with Gasteiger partial charge >= 0.3 is 0 Å². The highest BCUT2D eigenvalue weighted by Gasteiger charge is 2.22. The smallest absolute Gasteiger partial charge is 0.260 e. The third kappa shape index (κ3) is 4.92. The molecule has 1 amide bonds. The summed E-state index contributed by atoms with van der Waals surface area (Å²) in [4.78, 5) is 16.7. The van der Waals surface area contributed by atoms with Crippen LogP contribution in [0.1, 0.15) is 12.5 Å². The van der Waals surface area contributed by atoms with Gasteiger partial charge in [0.1, 0.15) is 11.5 Å². The van der Waals surface area contributed by atoms with E-state index in [1.165, 1.54) is 5.56 Å². The SMILES string of the molecule is CCOc1cccc(OCC(=O)N2CCN(Cc3ccc4c(c3)OCO4)CC2)c1. The maximum absolute atomic E-state index is 12.5. The van der Waals surface area contributed by atoms with Gasteiger partial charge in [0, 0.05) is 38.8 Å². The lowest BCUT2D eigenvalue weighted by molar-refractivity contribution is -0.135. The molecule has 0 atom stereocenters. The topological polar surface area (TPSA) is 60.5 Å². The minimum absolute atomic E-state index is 0.00884. The number of fused-ring (bicyclic) bond motifs is 1. The van der Waals surface area contributed by atoms with Crippen LogP contribution < -0.4 is 18.9 Å². The van der Waals surface area contributed by atoms with Crippen LogP contribution in [0.4, 0.5) is 0 Å². The molecular weight excluding hydrogens is 372 g/mol. The number of amides is 1. The minimum atomic E-state index is 0.00884. The first-order chi connectivity index (χ1) is 14.2. The first-order valence-electron chi connectivity index (χ1n) is 9.95. The lowest BCUT2D eigenvalue weighted by Gasteiger charge is -2.34. The molecule has 4 rings (SSSR count). The van der Waals surface area contributed by atoms with Gasteiger partial charge in [0.15, 0.2) is 18.1 Å². The molecule has 0 aliphatic carbocycles. The van der Waals surface area contributed by atoms with Crippen molar-refractivity contribution in [1.29, 1.82) is 0 Å². The van der Waals surface area contributed by atoms with Crippen LogP contribution in [0.5, 0.6) is 23.0 Å². The van der Waals surface area contributed by atoms with Crippen molar-refractivity contribution in [1.82, 2.24) is 9.80 Å². The Morgan fingerprint density at radius 1 is 0.966 bits per heavy atom. The van der Waals surface area contributed by atoms with E-state index >= 15 is 0 Å². The largest absolute Gasteiger partial charge is 0.494 e. The van der Waals surface area contributed by atoms with E-state index in [9.17, 15) is 4.79 Å². The summed E-state index contributed by atoms with van der Waals surface area (Å²) >= 11 is 0. The van der Waals surface area contributed by atoms with Gasteiger partial charge in [0.25, 0.3) is 5.91 Å². The van der Waals surface area contributed by atoms with Crippen molar-refractivity contribution in [2.75, 3.05) is 46.2 Å². The van der Waals surface area contributed by atoms with Crippen molar-refractivity contribution in [3.8, 4) is 23.0 Å². The van der Waals surface area contributed by atoms with Gasteiger partial charge in [-0.05, 0) is 36.8 Å². The molecule has 154 valence electrons. The van der Waals surface area contributed by atoms with Crippen LogP contribution in [0.3, 0.4) is 0 Å². The van der Waals surface area contributed by atoms with E-state index in [0.717, 1.165) is 36.9 Å². The van der Waals surface area contributed by atoms with E-state index in [4.69, 9.17) is 18.9 Å². The highest BCUT2D eigenvalue weighted by atomic mass is 16.7. The maximum atomic E-state index is 12.5. The second kappa shape index (κ2) is 9.05. The third-order valence-corrected chi connectivity index (χ3v) is 5.05. The van der Waals surface area contributed by atoms with Crippen molar-refractivity contribution >= 4 is 5.91 Å². The number of carbonyl (C=O) groups excluding carboxylic acids is 1. The first kappa shape index (κ1) is 19.4. The van der Waals surface area contributed by atoms with Gasteiger partial charge in [-0.2, -0.15) is 0 Å². The minimum Gasteiger partial charge on any atom is -0.494 e. The fourth-order valence-electron chi connectivity index (χ4n) is 3.51. The number of piperazine rings is 1. The monoisotopic (exact) mass is 398 g/mol. The molecular formula is C22H26N2O5. The molecule has 0 unspecified atom stereocenters. The maximum Gasteiger partial charge on any atom is 0.260 e. The number of ether oxygens (including phenoxy) is 4. The Labute approximate surface area is 170 Å². The van der Waals surface area contributed by atoms with E-state index in [1.54, 1.807) is 6.07 Å². The molecule has 1 fully saturated rings. The highest BCUT2D eigenvalue weighted by molar-refractivity contribution is 5.77. The molecule has 0 N–H and O–H groups in total. The fraction of sp³-hybridized carbons (Fsp3) is 0.409. The van der Waals surface area contributed by atoms with Crippen LogP contribution in [0, 0.1) is 0 Å². The molecule has 0 aromatic heterocycles. The molecule has 2 aromatic rings. The second-order valence-corrected chi connectivity index (χ2v) is 7.04. The van der Waals surface area contributed by atoms with Crippen molar-refractivity contribution in [2.24, 2.45) is 0 Å². The van der Waals surface area contributed by atoms with Crippen LogP contribution >= 0.6 is 0 Å². The summed E-state index contributed by atoms with van der Waals surface area (Å²) in [5, 5.41) is 0. The zero-order valence-electron chi connectivity index (χ0n) is 16.6. The van der Waals surface area contributed by atoms with Crippen molar-refractivity contribution < 1.29 is 23.7 Å². The molecule has 1 saturated heterocycles. The summed E-state index contributed by atoms with van der Waals surface area (Å²) in [5.74, 6) is 3.01. The average molecular weight is 398 g/mol. The van der Waals surface area contributed by atoms with Crippen molar-refractivity contribution in [3.63, 3.8) is 0 Å². The standard InChI is InChI=1S/C22H26N2O5/c1-2-26-18-4-3-5-19(13-18)27-15-22(25)24-10-8-23(9-11-24)14-17-6-7-20-21(12-17)29-16-28-20/h3-7,12-13H,2,8-11,14-16H2,1H3. The molecule has 0 spiro atoms. The van der Waals surface area contributed by atoms with E-state index in [0.29, 0.717) is 25.4 Å². The summed E-state index contributed by atoms with van der Waals surface area (Å²) in [6, 6.07) is 13.4. The first-order valence-corrected chi connectivity index (χ1v) is 9.95. The molecule has 2 aromatic carbocycles. The Morgan fingerprint density at radius 2 is 1.72 bits per heavy atom. The van der Waals surface area contributed by atoms with E-state index in [2.05, 4.69) is 11.0 Å². The van der Waals surface area contributed by atoms with E-state index in [1.807, 2.05) is 42.2 Å². The van der Waals surface area contributed by atoms with E-state index < -0.39 is 0 Å².